The molecule has 0 aliphatic carbocycles. The minimum Gasteiger partial charge on any atom is -0.321 e. The summed E-state index contributed by atoms with van der Waals surface area (Å²) >= 11 is 0. The molecule has 1 unspecified atom stereocenters. The van der Waals surface area contributed by atoms with Crippen molar-refractivity contribution in [3.05, 3.63) is 34.6 Å². The maximum absolute atomic E-state index is 13.8. The number of rotatable bonds is 4. The van der Waals surface area contributed by atoms with Crippen molar-refractivity contribution >= 4 is 5.78 Å². The van der Waals surface area contributed by atoms with E-state index in [4.69, 9.17) is 5.73 Å². The molecule has 0 fully saturated rings. The van der Waals surface area contributed by atoms with E-state index in [2.05, 4.69) is 0 Å². The summed E-state index contributed by atoms with van der Waals surface area (Å²) in [5.41, 5.74) is 7.43. The van der Waals surface area contributed by atoms with Gasteiger partial charge in [-0.05, 0) is 43.4 Å². The van der Waals surface area contributed by atoms with Gasteiger partial charge in [0.1, 0.15) is 5.82 Å². The molecule has 1 atom stereocenters. The van der Waals surface area contributed by atoms with Crippen molar-refractivity contribution in [2.24, 2.45) is 11.7 Å². The molecule has 0 aromatic heterocycles. The highest BCUT2D eigenvalue weighted by Crippen LogP contribution is 2.19. The van der Waals surface area contributed by atoms with Crippen LogP contribution in [0.25, 0.3) is 0 Å². The van der Waals surface area contributed by atoms with Gasteiger partial charge in [-0.25, -0.2) is 4.39 Å². The molecule has 2 N–H and O–H groups in total. The third-order valence-electron chi connectivity index (χ3n) is 2.74. The second-order valence-electron chi connectivity index (χ2n) is 5.04. The van der Waals surface area contributed by atoms with Crippen LogP contribution in [0.3, 0.4) is 0 Å². The number of halogens is 1. The van der Waals surface area contributed by atoms with E-state index in [0.717, 1.165) is 5.56 Å². The lowest BCUT2D eigenvalue weighted by atomic mass is 9.93. The highest BCUT2D eigenvalue weighted by Gasteiger charge is 2.22. The fourth-order valence-electron chi connectivity index (χ4n) is 2.03. The molecule has 1 rings (SSSR count). The van der Waals surface area contributed by atoms with E-state index in [1.807, 2.05) is 13.8 Å². The van der Waals surface area contributed by atoms with Gasteiger partial charge in [0.05, 0.1) is 11.6 Å². The van der Waals surface area contributed by atoms with Crippen molar-refractivity contribution in [1.29, 1.82) is 0 Å². The largest absolute Gasteiger partial charge is 0.321 e. The normalized spacial score (nSPS) is 12.9. The Morgan fingerprint density at radius 3 is 2.41 bits per heavy atom. The Hall–Kier alpha value is -1.22. The first kappa shape index (κ1) is 13.8. The number of nitrogens with two attached hydrogens (primary N) is 1. The van der Waals surface area contributed by atoms with Crippen molar-refractivity contribution in [2.45, 2.75) is 40.2 Å². The molecular formula is C14H20FNO. The summed E-state index contributed by atoms with van der Waals surface area (Å²) < 4.78 is 13.8. The lowest BCUT2D eigenvalue weighted by Gasteiger charge is -2.15. The third kappa shape index (κ3) is 3.37. The van der Waals surface area contributed by atoms with Crippen LogP contribution in [-0.4, -0.2) is 11.8 Å². The van der Waals surface area contributed by atoms with E-state index >= 15 is 0 Å². The lowest BCUT2D eigenvalue weighted by molar-refractivity contribution is 0.0946. The van der Waals surface area contributed by atoms with E-state index in [0.29, 0.717) is 17.9 Å². The smallest absolute Gasteiger partial charge is 0.182 e. The van der Waals surface area contributed by atoms with Gasteiger partial charge < -0.3 is 5.73 Å². The van der Waals surface area contributed by atoms with Gasteiger partial charge in [-0.2, -0.15) is 0 Å². The van der Waals surface area contributed by atoms with Gasteiger partial charge in [0.25, 0.3) is 0 Å². The van der Waals surface area contributed by atoms with Crippen LogP contribution in [0.1, 0.15) is 41.8 Å². The summed E-state index contributed by atoms with van der Waals surface area (Å²) in [7, 11) is 0. The summed E-state index contributed by atoms with van der Waals surface area (Å²) in [4.78, 5) is 12.1. The molecule has 0 amide bonds. The third-order valence-corrected chi connectivity index (χ3v) is 2.74. The van der Waals surface area contributed by atoms with E-state index in [9.17, 15) is 9.18 Å². The summed E-state index contributed by atoms with van der Waals surface area (Å²) in [6.45, 7) is 7.53. The number of ketones is 1. The molecule has 0 spiro atoms. The lowest BCUT2D eigenvalue weighted by Crippen LogP contribution is -2.33. The summed E-state index contributed by atoms with van der Waals surface area (Å²) in [5, 5.41) is 0. The van der Waals surface area contributed by atoms with Crippen LogP contribution in [0.2, 0.25) is 0 Å². The van der Waals surface area contributed by atoms with Crippen molar-refractivity contribution in [3.63, 3.8) is 0 Å². The second kappa shape index (κ2) is 5.41. The zero-order valence-electron chi connectivity index (χ0n) is 10.9. The number of hydrogen-bond donors (Lipinski definition) is 1. The Bertz CT molecular complexity index is 403. The monoisotopic (exact) mass is 237 g/mol. The number of benzene rings is 1. The Morgan fingerprint density at radius 1 is 1.35 bits per heavy atom. The van der Waals surface area contributed by atoms with Crippen LogP contribution < -0.4 is 5.73 Å². The van der Waals surface area contributed by atoms with Crippen molar-refractivity contribution in [2.75, 3.05) is 0 Å². The summed E-state index contributed by atoms with van der Waals surface area (Å²) in [6.07, 6.45) is 0.575. The minimum absolute atomic E-state index is 0.142. The quantitative estimate of drug-likeness (QED) is 0.818. The molecule has 94 valence electrons. The molecule has 0 heterocycles. The predicted molar refractivity (Wildman–Crippen MR) is 67.6 cm³/mol. The van der Waals surface area contributed by atoms with Crippen molar-refractivity contribution in [1.82, 2.24) is 0 Å². The number of Topliss-reactive ketones (excluding diaryl/α,β-unsaturated/α-hetero) is 1. The SMILES string of the molecule is Cc1cc(C)c(C(=O)C(N)CC(C)C)c(F)c1. The Morgan fingerprint density at radius 2 is 1.94 bits per heavy atom. The molecule has 0 radical (unpaired) electrons. The molecule has 0 saturated carbocycles. The van der Waals surface area contributed by atoms with Crippen LogP contribution in [0.15, 0.2) is 12.1 Å². The van der Waals surface area contributed by atoms with Crippen LogP contribution in [0.4, 0.5) is 4.39 Å². The van der Waals surface area contributed by atoms with Crippen molar-refractivity contribution < 1.29 is 9.18 Å². The van der Waals surface area contributed by atoms with E-state index < -0.39 is 11.9 Å². The summed E-state index contributed by atoms with van der Waals surface area (Å²) in [5.74, 6) is -0.442. The van der Waals surface area contributed by atoms with Gasteiger partial charge in [-0.1, -0.05) is 19.9 Å². The number of carbonyl (C=O) groups excluding carboxylic acids is 1. The van der Waals surface area contributed by atoms with Crippen LogP contribution in [0.5, 0.6) is 0 Å². The van der Waals surface area contributed by atoms with Gasteiger partial charge in [-0.3, -0.25) is 4.79 Å². The van der Waals surface area contributed by atoms with Crippen LogP contribution >= 0.6 is 0 Å². The Balaban J connectivity index is 3.04. The fourth-order valence-corrected chi connectivity index (χ4v) is 2.03. The molecule has 3 heteroatoms. The van der Waals surface area contributed by atoms with Gasteiger partial charge in [0.15, 0.2) is 5.78 Å². The first-order valence-corrected chi connectivity index (χ1v) is 5.89. The first-order chi connectivity index (χ1) is 7.82. The van der Waals surface area contributed by atoms with E-state index in [-0.39, 0.29) is 11.3 Å². The van der Waals surface area contributed by atoms with Gasteiger partial charge in [-0.15, -0.1) is 0 Å². The zero-order chi connectivity index (χ0) is 13.2. The second-order valence-corrected chi connectivity index (χ2v) is 5.04. The topological polar surface area (TPSA) is 43.1 Å². The van der Waals surface area contributed by atoms with E-state index in [1.54, 1.807) is 19.9 Å². The molecule has 0 bridgehead atoms. The van der Waals surface area contributed by atoms with Crippen LogP contribution in [0, 0.1) is 25.6 Å². The number of aryl methyl sites for hydroxylation is 2. The maximum Gasteiger partial charge on any atom is 0.182 e. The maximum atomic E-state index is 13.8. The molecule has 17 heavy (non-hydrogen) atoms. The fraction of sp³-hybridized carbons (Fsp3) is 0.500. The minimum atomic E-state index is -0.620. The molecule has 0 aliphatic heterocycles. The standard InChI is InChI=1S/C14H20FNO/c1-8(2)5-12(16)14(17)13-10(4)6-9(3)7-11(13)15/h6-8,12H,5,16H2,1-4H3. The highest BCUT2D eigenvalue weighted by molar-refractivity contribution is 6.01. The molecule has 1 aromatic carbocycles. The summed E-state index contributed by atoms with van der Waals surface area (Å²) in [6, 6.07) is 2.56. The van der Waals surface area contributed by atoms with Gasteiger partial charge in [0, 0.05) is 0 Å². The average molecular weight is 237 g/mol. The predicted octanol–water partition coefficient (Wildman–Crippen LogP) is 3.00. The Kier molecular flexibility index (Phi) is 4.40. The molecule has 2 nitrogen and oxygen atoms in total. The van der Waals surface area contributed by atoms with Gasteiger partial charge >= 0.3 is 0 Å². The van der Waals surface area contributed by atoms with Crippen LogP contribution in [-0.2, 0) is 0 Å². The van der Waals surface area contributed by atoms with Gasteiger partial charge in [0.2, 0.25) is 0 Å². The molecule has 1 aromatic rings. The Labute approximate surface area is 102 Å². The van der Waals surface area contributed by atoms with Crippen molar-refractivity contribution in [3.8, 4) is 0 Å². The zero-order valence-corrected chi connectivity index (χ0v) is 10.9. The number of hydrogen-bond acceptors (Lipinski definition) is 2. The molecule has 0 aliphatic rings. The average Bonchev–Trinajstić information content (AvgIpc) is 2.14. The molecule has 0 saturated heterocycles. The highest BCUT2D eigenvalue weighted by atomic mass is 19.1. The number of carbonyl (C=O) groups is 1. The molecular weight excluding hydrogens is 217 g/mol. The first-order valence-electron chi connectivity index (χ1n) is 5.89. The van der Waals surface area contributed by atoms with E-state index in [1.165, 1.54) is 6.07 Å².